The molecule has 2 N–H and O–H groups in total. The van der Waals surface area contributed by atoms with Gasteiger partial charge < -0.3 is 15.3 Å². The predicted molar refractivity (Wildman–Crippen MR) is 114 cm³/mol. The van der Waals surface area contributed by atoms with Crippen LogP contribution in [0, 0.1) is 11.8 Å². The van der Waals surface area contributed by atoms with E-state index in [0.717, 1.165) is 56.8 Å². The zero-order valence-electron chi connectivity index (χ0n) is 17.1. The Morgan fingerprint density at radius 3 is 2.48 bits per heavy atom. The quantitative estimate of drug-likeness (QED) is 0.678. The minimum atomic E-state index is 0.00361. The van der Waals surface area contributed by atoms with E-state index < -0.39 is 0 Å². The van der Waals surface area contributed by atoms with E-state index in [-0.39, 0.29) is 18.4 Å². The van der Waals surface area contributed by atoms with Gasteiger partial charge in [0.2, 0.25) is 5.91 Å². The predicted octanol–water partition coefficient (Wildman–Crippen LogP) is 2.34. The number of carbonyl (C=O) groups excluding carboxylic acids is 2. The summed E-state index contributed by atoms with van der Waals surface area (Å²) in [5.74, 6) is 1.38. The van der Waals surface area contributed by atoms with Crippen LogP contribution in [0.5, 0.6) is 0 Å². The molecule has 1 aromatic heterocycles. The number of aliphatic hydroxyl groups is 1. The number of amides is 2. The van der Waals surface area contributed by atoms with Gasteiger partial charge in [-0.1, -0.05) is 0 Å². The lowest BCUT2D eigenvalue weighted by Gasteiger charge is -2.34. The van der Waals surface area contributed by atoms with Crippen LogP contribution in [-0.4, -0.2) is 71.6 Å². The lowest BCUT2D eigenvalue weighted by atomic mass is 9.97. The summed E-state index contributed by atoms with van der Waals surface area (Å²) in [6, 6.07) is 2.48. The van der Waals surface area contributed by atoms with E-state index in [1.807, 2.05) is 21.7 Å². The fourth-order valence-electron chi connectivity index (χ4n) is 4.75. The van der Waals surface area contributed by atoms with Gasteiger partial charge in [-0.05, 0) is 61.8 Å². The Hall–Kier alpha value is -1.44. The summed E-state index contributed by atoms with van der Waals surface area (Å²) >= 11 is 1.54. The molecular weight excluding hydrogens is 386 g/mol. The van der Waals surface area contributed by atoms with Crippen LogP contribution in [0.25, 0.3) is 0 Å². The van der Waals surface area contributed by atoms with Crippen LogP contribution >= 0.6 is 11.3 Å². The molecule has 0 unspecified atom stereocenters. The number of thiophene rings is 1. The summed E-state index contributed by atoms with van der Waals surface area (Å²) in [5, 5.41) is 16.2. The zero-order chi connectivity index (χ0) is 20.2. The Bertz CT molecular complexity index is 683. The molecule has 160 valence electrons. The highest BCUT2D eigenvalue weighted by Gasteiger charge is 2.38. The van der Waals surface area contributed by atoms with Crippen molar-refractivity contribution in [3.05, 3.63) is 22.4 Å². The third-order valence-corrected chi connectivity index (χ3v) is 7.54. The highest BCUT2D eigenvalue weighted by molar-refractivity contribution is 7.08. The van der Waals surface area contributed by atoms with Crippen LogP contribution in [0.4, 0.5) is 0 Å². The third kappa shape index (κ3) is 5.38. The highest BCUT2D eigenvalue weighted by atomic mass is 32.1. The lowest BCUT2D eigenvalue weighted by molar-refractivity contribution is -0.134. The molecule has 2 amide bonds. The molecule has 3 fully saturated rings. The van der Waals surface area contributed by atoms with E-state index in [2.05, 4.69) is 10.2 Å². The Labute approximate surface area is 177 Å². The standard InChI is InChI=1S/C22H33N3O3S/c26-14-17-5-8-24(9-6-17)21(27)11-19-3-4-20(25(19)13-16-1-2-16)12-23-22(28)18-7-10-29-15-18/h7,10,15-17,19-20,26H,1-6,8-9,11-14H2,(H,23,28)/t19-,20+/m1/s1. The lowest BCUT2D eigenvalue weighted by Crippen LogP contribution is -2.46. The minimum Gasteiger partial charge on any atom is -0.396 e. The van der Waals surface area contributed by atoms with Crippen molar-refractivity contribution in [1.29, 1.82) is 0 Å². The minimum absolute atomic E-state index is 0.00361. The SMILES string of the molecule is O=C(NC[C@@H]1CC[C@H](CC(=O)N2CCC(CO)CC2)N1CC1CC1)c1ccsc1. The normalized spacial score (nSPS) is 26.0. The van der Waals surface area contributed by atoms with Crippen LogP contribution in [-0.2, 0) is 4.79 Å². The average molecular weight is 420 g/mol. The number of rotatable bonds is 8. The van der Waals surface area contributed by atoms with Crippen LogP contribution in [0.3, 0.4) is 0 Å². The monoisotopic (exact) mass is 419 g/mol. The second kappa shape index (κ2) is 9.58. The van der Waals surface area contributed by atoms with Crippen molar-refractivity contribution in [2.75, 3.05) is 32.8 Å². The van der Waals surface area contributed by atoms with Gasteiger partial charge in [0.25, 0.3) is 5.91 Å². The molecule has 29 heavy (non-hydrogen) atoms. The largest absolute Gasteiger partial charge is 0.396 e. The van der Waals surface area contributed by atoms with Crippen molar-refractivity contribution in [1.82, 2.24) is 15.1 Å². The summed E-state index contributed by atoms with van der Waals surface area (Å²) in [6.45, 7) is 3.51. The first-order valence-corrected chi connectivity index (χ1v) is 12.0. The smallest absolute Gasteiger partial charge is 0.252 e. The molecule has 6 nitrogen and oxygen atoms in total. The van der Waals surface area contributed by atoms with Crippen molar-refractivity contribution >= 4 is 23.2 Å². The van der Waals surface area contributed by atoms with Gasteiger partial charge in [-0.2, -0.15) is 11.3 Å². The van der Waals surface area contributed by atoms with Crippen molar-refractivity contribution < 1.29 is 14.7 Å². The molecule has 1 aromatic rings. The molecule has 1 aliphatic carbocycles. The van der Waals surface area contributed by atoms with Crippen LogP contribution in [0.1, 0.15) is 55.3 Å². The van der Waals surface area contributed by atoms with Crippen molar-refractivity contribution in [3.8, 4) is 0 Å². The van der Waals surface area contributed by atoms with Gasteiger partial charge in [0.15, 0.2) is 0 Å². The van der Waals surface area contributed by atoms with Crippen molar-refractivity contribution in [2.45, 2.75) is 57.0 Å². The molecular formula is C22H33N3O3S. The number of nitrogens with one attached hydrogen (secondary N) is 1. The maximum absolute atomic E-state index is 12.9. The summed E-state index contributed by atoms with van der Waals surface area (Å²) in [6.07, 6.45) is 7.07. The molecule has 3 heterocycles. The van der Waals surface area contributed by atoms with E-state index in [4.69, 9.17) is 0 Å². The molecule has 2 aliphatic heterocycles. The average Bonchev–Trinajstić information content (AvgIpc) is 3.24. The van der Waals surface area contributed by atoms with E-state index in [1.165, 1.54) is 24.2 Å². The summed E-state index contributed by atoms with van der Waals surface area (Å²) in [5.41, 5.74) is 0.736. The highest BCUT2D eigenvalue weighted by Crippen LogP contribution is 2.35. The van der Waals surface area contributed by atoms with E-state index >= 15 is 0 Å². The number of aliphatic hydroxyl groups excluding tert-OH is 1. The molecule has 7 heteroatoms. The number of hydrogen-bond acceptors (Lipinski definition) is 5. The number of nitrogens with zero attached hydrogens (tertiary/aromatic N) is 2. The molecule has 0 radical (unpaired) electrons. The fourth-order valence-corrected chi connectivity index (χ4v) is 5.39. The molecule has 0 spiro atoms. The molecule has 2 saturated heterocycles. The van der Waals surface area contributed by atoms with Crippen LogP contribution < -0.4 is 5.32 Å². The first kappa shape index (κ1) is 20.8. The number of hydrogen-bond donors (Lipinski definition) is 2. The molecule has 0 bridgehead atoms. The maximum atomic E-state index is 12.9. The van der Waals surface area contributed by atoms with Gasteiger partial charge in [-0.25, -0.2) is 0 Å². The van der Waals surface area contributed by atoms with Crippen molar-refractivity contribution in [3.63, 3.8) is 0 Å². The molecule has 2 atom stereocenters. The summed E-state index contributed by atoms with van der Waals surface area (Å²) < 4.78 is 0. The second-order valence-electron chi connectivity index (χ2n) is 8.96. The van der Waals surface area contributed by atoms with Gasteiger partial charge in [0.1, 0.15) is 0 Å². The number of carbonyl (C=O) groups is 2. The molecule has 3 aliphatic rings. The molecule has 0 aromatic carbocycles. The number of piperidine rings is 1. The zero-order valence-corrected chi connectivity index (χ0v) is 17.9. The van der Waals surface area contributed by atoms with Gasteiger partial charge in [-0.3, -0.25) is 14.5 Å². The maximum Gasteiger partial charge on any atom is 0.252 e. The molecule has 4 rings (SSSR count). The van der Waals surface area contributed by atoms with Gasteiger partial charge in [-0.15, -0.1) is 0 Å². The fraction of sp³-hybridized carbons (Fsp3) is 0.727. The summed E-state index contributed by atoms with van der Waals surface area (Å²) in [4.78, 5) is 29.7. The topological polar surface area (TPSA) is 72.9 Å². The second-order valence-corrected chi connectivity index (χ2v) is 9.74. The van der Waals surface area contributed by atoms with Gasteiger partial charge in [0, 0.05) is 62.2 Å². The van der Waals surface area contributed by atoms with Gasteiger partial charge in [0.05, 0.1) is 0 Å². The molecule has 1 saturated carbocycles. The third-order valence-electron chi connectivity index (χ3n) is 6.85. The Morgan fingerprint density at radius 1 is 1.07 bits per heavy atom. The first-order valence-electron chi connectivity index (χ1n) is 11.1. The Morgan fingerprint density at radius 2 is 1.83 bits per heavy atom. The number of likely N-dealkylation sites (tertiary alicyclic amines) is 2. The van der Waals surface area contributed by atoms with Gasteiger partial charge >= 0.3 is 0 Å². The van der Waals surface area contributed by atoms with E-state index in [0.29, 0.717) is 31.0 Å². The van der Waals surface area contributed by atoms with Crippen molar-refractivity contribution in [2.24, 2.45) is 11.8 Å². The van der Waals surface area contributed by atoms with E-state index in [9.17, 15) is 14.7 Å². The van der Waals surface area contributed by atoms with E-state index in [1.54, 1.807) is 0 Å². The van der Waals surface area contributed by atoms with Crippen LogP contribution in [0.2, 0.25) is 0 Å². The Balaban J connectivity index is 1.30. The van der Waals surface area contributed by atoms with Crippen LogP contribution in [0.15, 0.2) is 16.8 Å². The Kier molecular flexibility index (Phi) is 6.88. The summed E-state index contributed by atoms with van der Waals surface area (Å²) in [7, 11) is 0. The first-order chi connectivity index (χ1) is 14.1.